The van der Waals surface area contributed by atoms with Crippen molar-refractivity contribution in [2.75, 3.05) is 26.3 Å². The first-order chi connectivity index (χ1) is 11.6. The molecule has 1 amide bonds. The molecule has 2 saturated heterocycles. The highest BCUT2D eigenvalue weighted by Gasteiger charge is 2.55. The predicted octanol–water partition coefficient (Wildman–Crippen LogP) is 2.93. The van der Waals surface area contributed by atoms with Crippen molar-refractivity contribution in [3.63, 3.8) is 0 Å². The van der Waals surface area contributed by atoms with Crippen LogP contribution in [0.4, 0.5) is 0 Å². The molecule has 136 valence electrons. The second-order valence-corrected chi connectivity index (χ2v) is 8.06. The summed E-state index contributed by atoms with van der Waals surface area (Å²) < 4.78 is 5.48. The van der Waals surface area contributed by atoms with Gasteiger partial charge in [0.1, 0.15) is 0 Å². The molecule has 0 unspecified atom stereocenters. The summed E-state index contributed by atoms with van der Waals surface area (Å²) in [6, 6.07) is 0. The lowest BCUT2D eigenvalue weighted by Gasteiger charge is -2.34. The van der Waals surface area contributed by atoms with Gasteiger partial charge in [0.05, 0.1) is 12.0 Å². The Hall–Kier alpha value is -1.10. The van der Waals surface area contributed by atoms with Crippen molar-refractivity contribution in [2.45, 2.75) is 58.3 Å². The number of unbranched alkanes of at least 4 members (excludes halogenated alkanes) is 1. The zero-order chi connectivity index (χ0) is 17.2. The molecule has 3 aliphatic rings. The molecule has 0 spiro atoms. The van der Waals surface area contributed by atoms with Gasteiger partial charge >= 0.3 is 5.97 Å². The number of fused-ring (bicyclic) bond motifs is 1. The van der Waals surface area contributed by atoms with Gasteiger partial charge in [0.25, 0.3) is 0 Å². The summed E-state index contributed by atoms with van der Waals surface area (Å²) in [5.74, 6) is 0.283. The van der Waals surface area contributed by atoms with Gasteiger partial charge in [0, 0.05) is 31.5 Å². The number of rotatable bonds is 5. The Kier molecular flexibility index (Phi) is 5.48. The van der Waals surface area contributed by atoms with E-state index in [1.165, 1.54) is 19.3 Å². The molecule has 3 rings (SSSR count). The Bertz CT molecular complexity index is 472. The average Bonchev–Trinajstić information content (AvgIpc) is 3.01. The Morgan fingerprint density at radius 3 is 2.62 bits per heavy atom. The number of carboxylic acid groups (broad SMARTS) is 1. The summed E-state index contributed by atoms with van der Waals surface area (Å²) in [7, 11) is 0. The zero-order valence-electron chi connectivity index (χ0n) is 14.8. The number of hydrogen-bond acceptors (Lipinski definition) is 3. The molecule has 5 heteroatoms. The molecule has 0 aromatic rings. The first-order valence-electron chi connectivity index (χ1n) is 9.66. The molecule has 24 heavy (non-hydrogen) atoms. The van der Waals surface area contributed by atoms with E-state index in [1.54, 1.807) is 0 Å². The minimum absolute atomic E-state index is 0.0476. The quantitative estimate of drug-likeness (QED) is 0.837. The molecule has 0 bridgehead atoms. The highest BCUT2D eigenvalue weighted by atomic mass is 16.5. The van der Waals surface area contributed by atoms with Crippen LogP contribution < -0.4 is 0 Å². The molecule has 0 aromatic carbocycles. The largest absolute Gasteiger partial charge is 0.481 e. The van der Waals surface area contributed by atoms with E-state index in [-0.39, 0.29) is 17.7 Å². The Labute approximate surface area is 144 Å². The van der Waals surface area contributed by atoms with Gasteiger partial charge in [-0.15, -0.1) is 0 Å². The summed E-state index contributed by atoms with van der Waals surface area (Å²) in [5, 5.41) is 9.73. The van der Waals surface area contributed by atoms with Crippen molar-refractivity contribution in [2.24, 2.45) is 23.2 Å². The lowest BCUT2D eigenvalue weighted by Crippen LogP contribution is -2.45. The van der Waals surface area contributed by atoms with Crippen LogP contribution in [0, 0.1) is 23.2 Å². The zero-order valence-corrected chi connectivity index (χ0v) is 14.8. The Balaban J connectivity index is 1.58. The highest BCUT2D eigenvalue weighted by Crippen LogP contribution is 2.43. The number of aliphatic carboxylic acids is 1. The first kappa shape index (κ1) is 17.7. The van der Waals surface area contributed by atoms with E-state index in [0.29, 0.717) is 32.7 Å². The van der Waals surface area contributed by atoms with Crippen molar-refractivity contribution in [3.05, 3.63) is 0 Å². The maximum atomic E-state index is 12.9. The Morgan fingerprint density at radius 2 is 2.00 bits per heavy atom. The molecule has 5 nitrogen and oxygen atoms in total. The number of ether oxygens (including phenoxy) is 1. The van der Waals surface area contributed by atoms with Crippen LogP contribution in [0.25, 0.3) is 0 Å². The third kappa shape index (κ3) is 3.32. The maximum Gasteiger partial charge on any atom is 0.311 e. The SMILES string of the molecule is CCCCC1CCC(C(=O)N2C[C@H]3COCC[C@@]3(C(=O)O)C2)CC1. The lowest BCUT2D eigenvalue weighted by molar-refractivity contribution is -0.157. The van der Waals surface area contributed by atoms with Crippen LogP contribution in [0.1, 0.15) is 58.3 Å². The van der Waals surface area contributed by atoms with Gasteiger partial charge in [-0.1, -0.05) is 26.2 Å². The summed E-state index contributed by atoms with van der Waals surface area (Å²) in [4.78, 5) is 26.6. The van der Waals surface area contributed by atoms with E-state index in [9.17, 15) is 14.7 Å². The molecule has 1 N–H and O–H groups in total. The predicted molar refractivity (Wildman–Crippen MR) is 90.5 cm³/mol. The second kappa shape index (κ2) is 7.42. The van der Waals surface area contributed by atoms with Crippen LogP contribution in [-0.2, 0) is 14.3 Å². The Morgan fingerprint density at radius 1 is 1.25 bits per heavy atom. The second-order valence-electron chi connectivity index (χ2n) is 8.06. The molecule has 2 atom stereocenters. The molecular formula is C19H31NO4. The van der Waals surface area contributed by atoms with Gasteiger partial charge in [0.2, 0.25) is 5.91 Å². The van der Waals surface area contributed by atoms with E-state index < -0.39 is 11.4 Å². The van der Waals surface area contributed by atoms with Crippen LogP contribution in [0.15, 0.2) is 0 Å². The molecule has 2 heterocycles. The van der Waals surface area contributed by atoms with Crippen LogP contribution in [0.2, 0.25) is 0 Å². The number of likely N-dealkylation sites (tertiary alicyclic amines) is 1. The molecule has 1 saturated carbocycles. The van der Waals surface area contributed by atoms with Crippen molar-refractivity contribution in [1.82, 2.24) is 4.90 Å². The number of nitrogens with zero attached hydrogens (tertiary/aromatic N) is 1. The van der Waals surface area contributed by atoms with Crippen molar-refractivity contribution in [3.8, 4) is 0 Å². The summed E-state index contributed by atoms with van der Waals surface area (Å²) in [5.41, 5.74) is -0.772. The van der Waals surface area contributed by atoms with E-state index in [1.807, 2.05) is 4.90 Å². The maximum absolute atomic E-state index is 12.9. The van der Waals surface area contributed by atoms with E-state index in [0.717, 1.165) is 31.6 Å². The fraction of sp³-hybridized carbons (Fsp3) is 0.895. The minimum Gasteiger partial charge on any atom is -0.481 e. The smallest absolute Gasteiger partial charge is 0.311 e. The molecule has 3 fully saturated rings. The van der Waals surface area contributed by atoms with E-state index >= 15 is 0 Å². The van der Waals surface area contributed by atoms with Crippen molar-refractivity contribution < 1.29 is 19.4 Å². The summed E-state index contributed by atoms with van der Waals surface area (Å²) >= 11 is 0. The minimum atomic E-state index is -0.772. The fourth-order valence-electron chi connectivity index (χ4n) is 4.92. The van der Waals surface area contributed by atoms with Crippen molar-refractivity contribution >= 4 is 11.9 Å². The van der Waals surface area contributed by atoms with E-state index in [4.69, 9.17) is 4.74 Å². The lowest BCUT2D eigenvalue weighted by atomic mass is 9.74. The number of carbonyl (C=O) groups excluding carboxylic acids is 1. The van der Waals surface area contributed by atoms with Gasteiger partial charge in [-0.25, -0.2) is 0 Å². The van der Waals surface area contributed by atoms with Gasteiger partial charge in [-0.05, 0) is 38.0 Å². The normalized spacial score (nSPS) is 36.4. The van der Waals surface area contributed by atoms with Gasteiger partial charge in [-0.3, -0.25) is 9.59 Å². The van der Waals surface area contributed by atoms with E-state index in [2.05, 4.69) is 6.92 Å². The molecule has 1 aliphatic carbocycles. The van der Waals surface area contributed by atoms with Crippen LogP contribution >= 0.6 is 0 Å². The van der Waals surface area contributed by atoms with Crippen molar-refractivity contribution in [1.29, 1.82) is 0 Å². The molecule has 2 aliphatic heterocycles. The number of amides is 1. The van der Waals surface area contributed by atoms with Gasteiger partial charge < -0.3 is 14.7 Å². The monoisotopic (exact) mass is 337 g/mol. The number of carbonyl (C=O) groups is 2. The first-order valence-corrected chi connectivity index (χ1v) is 9.66. The summed E-state index contributed by atoms with van der Waals surface area (Å²) in [6.45, 7) is 4.13. The molecule has 0 aromatic heterocycles. The number of hydrogen-bond donors (Lipinski definition) is 1. The average molecular weight is 337 g/mol. The van der Waals surface area contributed by atoms with Crippen LogP contribution in [-0.4, -0.2) is 48.2 Å². The fourth-order valence-corrected chi connectivity index (χ4v) is 4.92. The molecule has 0 radical (unpaired) electrons. The standard InChI is InChI=1S/C19H31NO4/c1-2-3-4-14-5-7-15(8-6-14)17(21)20-11-16-12-24-10-9-19(16,13-20)18(22)23/h14-16H,2-13H2,1H3,(H,22,23)/t14?,15?,16-,19+/m0/s1. The van der Waals surface area contributed by atoms with Crippen LogP contribution in [0.5, 0.6) is 0 Å². The molecular weight excluding hydrogens is 306 g/mol. The van der Waals surface area contributed by atoms with Gasteiger partial charge in [0.15, 0.2) is 0 Å². The third-order valence-corrected chi connectivity index (χ3v) is 6.61. The summed E-state index contributed by atoms with van der Waals surface area (Å²) in [6.07, 6.45) is 8.62. The third-order valence-electron chi connectivity index (χ3n) is 6.61. The van der Waals surface area contributed by atoms with Crippen LogP contribution in [0.3, 0.4) is 0 Å². The van der Waals surface area contributed by atoms with Gasteiger partial charge in [-0.2, -0.15) is 0 Å². The topological polar surface area (TPSA) is 66.8 Å². The highest BCUT2D eigenvalue weighted by molar-refractivity contribution is 5.82. The number of carboxylic acids is 1.